The van der Waals surface area contributed by atoms with Crippen LogP contribution in [0.3, 0.4) is 0 Å². The fourth-order valence-corrected chi connectivity index (χ4v) is 3.81. The van der Waals surface area contributed by atoms with Crippen LogP contribution in [0.1, 0.15) is 18.4 Å². The van der Waals surface area contributed by atoms with Gasteiger partial charge in [0.15, 0.2) is 0 Å². The summed E-state index contributed by atoms with van der Waals surface area (Å²) in [6, 6.07) is 6.71. The van der Waals surface area contributed by atoms with Gasteiger partial charge in [0.1, 0.15) is 18.1 Å². The molecule has 0 bridgehead atoms. The lowest BCUT2D eigenvalue weighted by Crippen LogP contribution is -2.54. The average Bonchev–Trinajstić information content (AvgIpc) is 3.05. The minimum absolute atomic E-state index is 0.121. The Morgan fingerprint density at radius 1 is 1.47 bits per heavy atom. The van der Waals surface area contributed by atoms with E-state index in [1.54, 1.807) is 7.11 Å². The fraction of sp³-hybridized carbons (Fsp3) is 0.533. The predicted octanol–water partition coefficient (Wildman–Crippen LogP) is 1.83. The van der Waals surface area contributed by atoms with Crippen molar-refractivity contribution >= 4 is 6.34 Å². The molecule has 0 aromatic heterocycles. The van der Waals surface area contributed by atoms with Crippen molar-refractivity contribution in [3.05, 3.63) is 23.8 Å². The molecular formula is C15H18N2O2. The van der Waals surface area contributed by atoms with Crippen LogP contribution in [-0.2, 0) is 5.41 Å². The molecule has 3 heterocycles. The van der Waals surface area contributed by atoms with Gasteiger partial charge in [0.2, 0.25) is 0 Å². The van der Waals surface area contributed by atoms with Crippen molar-refractivity contribution in [1.29, 1.82) is 0 Å². The molecule has 0 aliphatic carbocycles. The molecule has 0 radical (unpaired) electrons. The molecule has 0 amide bonds. The Morgan fingerprint density at radius 2 is 2.42 bits per heavy atom. The molecular weight excluding hydrogens is 240 g/mol. The molecule has 4 heteroatoms. The van der Waals surface area contributed by atoms with Gasteiger partial charge in [0, 0.05) is 18.2 Å². The van der Waals surface area contributed by atoms with Crippen molar-refractivity contribution in [1.82, 2.24) is 4.90 Å². The van der Waals surface area contributed by atoms with Crippen LogP contribution in [0.4, 0.5) is 0 Å². The summed E-state index contributed by atoms with van der Waals surface area (Å²) in [5.41, 5.74) is 1.46. The Hall–Kier alpha value is -1.71. The lowest BCUT2D eigenvalue weighted by Gasteiger charge is -2.43. The highest BCUT2D eigenvalue weighted by Crippen LogP contribution is 2.49. The summed E-state index contributed by atoms with van der Waals surface area (Å²) in [5.74, 6) is 1.86. The van der Waals surface area contributed by atoms with Gasteiger partial charge in [-0.25, -0.2) is 0 Å². The van der Waals surface area contributed by atoms with E-state index in [0.29, 0.717) is 6.04 Å². The lowest BCUT2D eigenvalue weighted by molar-refractivity contribution is 0.120. The molecule has 3 aliphatic heterocycles. The van der Waals surface area contributed by atoms with Gasteiger partial charge >= 0.3 is 0 Å². The summed E-state index contributed by atoms with van der Waals surface area (Å²) in [6.45, 7) is 2.80. The number of ether oxygens (including phenoxy) is 2. The molecule has 2 atom stereocenters. The molecule has 0 saturated carbocycles. The predicted molar refractivity (Wildman–Crippen MR) is 73.3 cm³/mol. The van der Waals surface area contributed by atoms with Crippen LogP contribution in [-0.4, -0.2) is 44.1 Å². The molecule has 4 nitrogen and oxygen atoms in total. The molecule has 2 unspecified atom stereocenters. The number of benzene rings is 1. The molecule has 1 fully saturated rings. The van der Waals surface area contributed by atoms with Crippen LogP contribution in [0.5, 0.6) is 11.5 Å². The molecule has 1 spiro atoms. The summed E-state index contributed by atoms with van der Waals surface area (Å²) in [5, 5.41) is 0. The zero-order valence-electron chi connectivity index (χ0n) is 11.1. The molecule has 3 aliphatic rings. The molecule has 19 heavy (non-hydrogen) atoms. The zero-order valence-corrected chi connectivity index (χ0v) is 11.1. The van der Waals surface area contributed by atoms with Gasteiger partial charge in [0.25, 0.3) is 0 Å². The normalized spacial score (nSPS) is 31.2. The van der Waals surface area contributed by atoms with Crippen LogP contribution >= 0.6 is 0 Å². The molecule has 1 aromatic carbocycles. The molecule has 1 saturated heterocycles. The van der Waals surface area contributed by atoms with Gasteiger partial charge in [-0.1, -0.05) is 6.07 Å². The van der Waals surface area contributed by atoms with Crippen LogP contribution in [0, 0.1) is 0 Å². The van der Waals surface area contributed by atoms with Crippen molar-refractivity contribution in [2.45, 2.75) is 24.3 Å². The topological polar surface area (TPSA) is 34.1 Å². The first-order valence-electron chi connectivity index (χ1n) is 6.90. The molecule has 0 N–H and O–H groups in total. The van der Waals surface area contributed by atoms with E-state index >= 15 is 0 Å². The van der Waals surface area contributed by atoms with Gasteiger partial charge in [0.05, 0.1) is 31.4 Å². The summed E-state index contributed by atoms with van der Waals surface area (Å²) in [6.07, 6.45) is 4.42. The number of hydrogen-bond acceptors (Lipinski definition) is 4. The van der Waals surface area contributed by atoms with E-state index < -0.39 is 0 Å². The van der Waals surface area contributed by atoms with Gasteiger partial charge < -0.3 is 14.4 Å². The van der Waals surface area contributed by atoms with Crippen LogP contribution in [0.25, 0.3) is 0 Å². The third-order valence-corrected chi connectivity index (χ3v) is 4.80. The molecule has 100 valence electrons. The molecule has 4 rings (SSSR count). The Balaban J connectivity index is 1.78. The Kier molecular flexibility index (Phi) is 2.28. The van der Waals surface area contributed by atoms with Crippen LogP contribution in [0.15, 0.2) is 23.2 Å². The highest BCUT2D eigenvalue weighted by molar-refractivity contribution is 5.61. The minimum Gasteiger partial charge on any atom is -0.497 e. The third-order valence-electron chi connectivity index (χ3n) is 4.80. The number of nitrogens with zero attached hydrogens (tertiary/aromatic N) is 2. The fourth-order valence-electron chi connectivity index (χ4n) is 3.81. The second-order valence-corrected chi connectivity index (χ2v) is 5.64. The van der Waals surface area contributed by atoms with Crippen molar-refractivity contribution in [2.24, 2.45) is 4.99 Å². The summed E-state index contributed by atoms with van der Waals surface area (Å²) in [4.78, 5) is 6.87. The number of rotatable bonds is 1. The van der Waals surface area contributed by atoms with Gasteiger partial charge in [-0.15, -0.1) is 0 Å². The highest BCUT2D eigenvalue weighted by atomic mass is 16.5. The minimum atomic E-state index is 0.121. The maximum atomic E-state index is 5.98. The van der Waals surface area contributed by atoms with Gasteiger partial charge in [-0.05, 0) is 18.9 Å². The number of hydrogen-bond donors (Lipinski definition) is 0. The first kappa shape index (κ1) is 11.1. The average molecular weight is 258 g/mol. The van der Waals surface area contributed by atoms with Crippen LogP contribution < -0.4 is 9.47 Å². The standard InChI is InChI=1S/C15H18N2O2/c1-18-11-3-4-12-13(7-11)19-9-15(12)5-2-6-17-10-16-8-14(15)17/h3-4,7,10,14H,2,5-6,8-9H2,1H3. The van der Waals surface area contributed by atoms with Gasteiger partial charge in [-0.3, -0.25) is 4.99 Å². The van der Waals surface area contributed by atoms with Crippen molar-refractivity contribution in [2.75, 3.05) is 26.8 Å². The number of methoxy groups -OCH3 is 1. The number of fused-ring (bicyclic) bond motifs is 4. The van der Waals surface area contributed by atoms with Gasteiger partial charge in [-0.2, -0.15) is 0 Å². The van der Waals surface area contributed by atoms with E-state index in [1.807, 2.05) is 18.5 Å². The highest BCUT2D eigenvalue weighted by Gasteiger charge is 2.51. The smallest absolute Gasteiger partial charge is 0.127 e. The largest absolute Gasteiger partial charge is 0.497 e. The van der Waals surface area contributed by atoms with Crippen molar-refractivity contribution in [3.8, 4) is 11.5 Å². The van der Waals surface area contributed by atoms with Crippen molar-refractivity contribution < 1.29 is 9.47 Å². The van der Waals surface area contributed by atoms with Crippen LogP contribution in [0.2, 0.25) is 0 Å². The summed E-state index contributed by atoms with van der Waals surface area (Å²) < 4.78 is 11.3. The monoisotopic (exact) mass is 258 g/mol. The first-order valence-corrected chi connectivity index (χ1v) is 6.90. The van der Waals surface area contributed by atoms with Crippen molar-refractivity contribution in [3.63, 3.8) is 0 Å². The first-order chi connectivity index (χ1) is 9.33. The number of piperidine rings is 1. The quantitative estimate of drug-likeness (QED) is 0.770. The van der Waals surface area contributed by atoms with E-state index in [4.69, 9.17) is 9.47 Å². The second kappa shape index (κ2) is 3.89. The maximum Gasteiger partial charge on any atom is 0.127 e. The zero-order chi connectivity index (χ0) is 12.9. The number of aliphatic imine (C=N–C) groups is 1. The Morgan fingerprint density at radius 3 is 3.32 bits per heavy atom. The summed E-state index contributed by atoms with van der Waals surface area (Å²) in [7, 11) is 1.69. The van der Waals surface area contributed by atoms with E-state index in [0.717, 1.165) is 31.2 Å². The SMILES string of the molecule is COc1ccc2c(c1)OCC21CCCN2C=NCC21. The van der Waals surface area contributed by atoms with E-state index in [1.165, 1.54) is 18.4 Å². The van der Waals surface area contributed by atoms with E-state index in [2.05, 4.69) is 16.0 Å². The lowest BCUT2D eigenvalue weighted by atomic mass is 9.70. The molecule has 1 aromatic rings. The third kappa shape index (κ3) is 1.43. The maximum absolute atomic E-state index is 5.98. The summed E-state index contributed by atoms with van der Waals surface area (Å²) >= 11 is 0. The van der Waals surface area contributed by atoms with E-state index in [9.17, 15) is 0 Å². The van der Waals surface area contributed by atoms with E-state index in [-0.39, 0.29) is 5.41 Å². The second-order valence-electron chi connectivity index (χ2n) is 5.64. The Labute approximate surface area is 113 Å². The Bertz CT molecular complexity index is 543.